The summed E-state index contributed by atoms with van der Waals surface area (Å²) in [7, 11) is 1.90. The molecule has 0 fully saturated rings. The number of benzene rings is 1. The molecular weight excluding hydrogens is 278 g/mol. The molecule has 4 heteroatoms. The summed E-state index contributed by atoms with van der Waals surface area (Å²) in [4.78, 5) is 0. The molecule has 1 atom stereocenters. The van der Waals surface area contributed by atoms with Crippen molar-refractivity contribution in [2.24, 2.45) is 11.8 Å². The summed E-state index contributed by atoms with van der Waals surface area (Å²) in [5, 5.41) is 12.4. The van der Waals surface area contributed by atoms with Gasteiger partial charge < -0.3 is 19.9 Å². The van der Waals surface area contributed by atoms with E-state index in [1.54, 1.807) is 0 Å². The molecule has 1 unspecified atom stereocenters. The Bertz CT molecular complexity index is 432. The minimum absolute atomic E-state index is 0.116. The first-order chi connectivity index (χ1) is 10.5. The monoisotopic (exact) mass is 309 g/mol. The summed E-state index contributed by atoms with van der Waals surface area (Å²) in [5.41, 5.74) is 1.10. The van der Waals surface area contributed by atoms with Crippen LogP contribution in [0.3, 0.4) is 0 Å². The van der Waals surface area contributed by atoms with Gasteiger partial charge in [0.1, 0.15) is 0 Å². The highest BCUT2D eigenvalue weighted by Crippen LogP contribution is 2.32. The summed E-state index contributed by atoms with van der Waals surface area (Å²) in [5.74, 6) is 2.50. The maximum Gasteiger partial charge on any atom is 0.161 e. The number of ether oxygens (including phenoxy) is 2. The number of nitrogens with one attached hydrogen (secondary N) is 1. The second kappa shape index (κ2) is 9.70. The molecule has 0 heterocycles. The Kier molecular flexibility index (Phi) is 8.28. The fourth-order valence-corrected chi connectivity index (χ4v) is 2.09. The molecule has 2 N–H and O–H groups in total. The number of aliphatic hydroxyl groups excluding tert-OH is 1. The molecule has 0 saturated heterocycles. The molecule has 126 valence electrons. The smallest absolute Gasteiger partial charge is 0.161 e. The molecule has 0 saturated carbocycles. The van der Waals surface area contributed by atoms with Gasteiger partial charge in [0.25, 0.3) is 0 Å². The van der Waals surface area contributed by atoms with Crippen molar-refractivity contribution in [1.29, 1.82) is 0 Å². The zero-order valence-electron chi connectivity index (χ0n) is 14.6. The zero-order chi connectivity index (χ0) is 16.5. The highest BCUT2D eigenvalue weighted by atomic mass is 16.5. The summed E-state index contributed by atoms with van der Waals surface area (Å²) in [6, 6.07) is 6.14. The molecule has 1 rings (SSSR count). The van der Waals surface area contributed by atoms with E-state index >= 15 is 0 Å². The van der Waals surface area contributed by atoms with Crippen LogP contribution in [0.4, 0.5) is 0 Å². The topological polar surface area (TPSA) is 50.7 Å². The lowest BCUT2D eigenvalue weighted by Crippen LogP contribution is -2.18. The van der Waals surface area contributed by atoms with Crippen molar-refractivity contribution < 1.29 is 14.6 Å². The van der Waals surface area contributed by atoms with Crippen LogP contribution < -0.4 is 14.8 Å². The number of aliphatic hydroxyl groups is 1. The second-order valence-electron chi connectivity index (χ2n) is 6.47. The van der Waals surface area contributed by atoms with Gasteiger partial charge in [-0.1, -0.05) is 33.8 Å². The minimum atomic E-state index is 0.116. The first-order valence-corrected chi connectivity index (χ1v) is 8.15. The van der Waals surface area contributed by atoms with Gasteiger partial charge in [-0.05, 0) is 43.0 Å². The van der Waals surface area contributed by atoms with E-state index in [-0.39, 0.29) is 12.6 Å². The van der Waals surface area contributed by atoms with Gasteiger partial charge in [0.05, 0.1) is 13.2 Å². The SMILES string of the molecule is CNC(CCO)c1ccc(OCC(C)C)c(OCC(C)C)c1. The Balaban J connectivity index is 2.96. The molecule has 1 aromatic rings. The number of rotatable bonds is 10. The van der Waals surface area contributed by atoms with Gasteiger partial charge in [-0.15, -0.1) is 0 Å². The molecule has 0 aliphatic carbocycles. The minimum Gasteiger partial charge on any atom is -0.489 e. The second-order valence-corrected chi connectivity index (χ2v) is 6.47. The molecule has 0 amide bonds. The van der Waals surface area contributed by atoms with E-state index in [0.717, 1.165) is 17.1 Å². The molecule has 0 aliphatic rings. The van der Waals surface area contributed by atoms with Crippen LogP contribution in [0.25, 0.3) is 0 Å². The summed E-state index contributed by atoms with van der Waals surface area (Å²) in [6.07, 6.45) is 0.673. The van der Waals surface area contributed by atoms with Crippen molar-refractivity contribution in [2.45, 2.75) is 40.2 Å². The third kappa shape index (κ3) is 6.24. The highest BCUT2D eigenvalue weighted by Gasteiger charge is 2.14. The summed E-state index contributed by atoms with van der Waals surface area (Å²) < 4.78 is 11.8. The van der Waals surface area contributed by atoms with E-state index in [1.165, 1.54) is 0 Å². The third-order valence-electron chi connectivity index (χ3n) is 3.28. The van der Waals surface area contributed by atoms with Gasteiger partial charge in [0, 0.05) is 12.6 Å². The predicted molar refractivity (Wildman–Crippen MR) is 90.6 cm³/mol. The van der Waals surface area contributed by atoms with Crippen LogP contribution in [0.2, 0.25) is 0 Å². The van der Waals surface area contributed by atoms with Crippen molar-refractivity contribution in [3.05, 3.63) is 23.8 Å². The Morgan fingerprint density at radius 3 is 2.09 bits per heavy atom. The van der Waals surface area contributed by atoms with E-state index in [2.05, 4.69) is 33.0 Å². The lowest BCUT2D eigenvalue weighted by atomic mass is 10.0. The Morgan fingerprint density at radius 1 is 1.00 bits per heavy atom. The third-order valence-corrected chi connectivity index (χ3v) is 3.28. The molecular formula is C18H31NO3. The maximum absolute atomic E-state index is 9.18. The number of hydrogen-bond acceptors (Lipinski definition) is 4. The van der Waals surface area contributed by atoms with Crippen LogP contribution in [-0.4, -0.2) is 32.0 Å². The van der Waals surface area contributed by atoms with E-state index < -0.39 is 0 Å². The molecule has 0 radical (unpaired) electrons. The van der Waals surface area contributed by atoms with Crippen LogP contribution >= 0.6 is 0 Å². The van der Waals surface area contributed by atoms with E-state index in [1.807, 2.05) is 25.2 Å². The fraction of sp³-hybridized carbons (Fsp3) is 0.667. The molecule has 0 spiro atoms. The van der Waals surface area contributed by atoms with Crippen LogP contribution in [0.15, 0.2) is 18.2 Å². The van der Waals surface area contributed by atoms with Gasteiger partial charge in [-0.25, -0.2) is 0 Å². The summed E-state index contributed by atoms with van der Waals surface area (Å²) in [6.45, 7) is 9.98. The van der Waals surface area contributed by atoms with Crippen LogP contribution in [0, 0.1) is 11.8 Å². The molecule has 0 aromatic heterocycles. The highest BCUT2D eigenvalue weighted by molar-refractivity contribution is 5.44. The average molecular weight is 309 g/mol. The first kappa shape index (κ1) is 18.8. The average Bonchev–Trinajstić information content (AvgIpc) is 2.48. The molecule has 22 heavy (non-hydrogen) atoms. The Hall–Kier alpha value is -1.26. The normalized spacial score (nSPS) is 12.7. The van der Waals surface area contributed by atoms with Crippen LogP contribution in [0.1, 0.15) is 45.7 Å². The van der Waals surface area contributed by atoms with Crippen LogP contribution in [0.5, 0.6) is 11.5 Å². The molecule has 0 bridgehead atoms. The lowest BCUT2D eigenvalue weighted by molar-refractivity contribution is 0.228. The first-order valence-electron chi connectivity index (χ1n) is 8.15. The van der Waals surface area contributed by atoms with Gasteiger partial charge in [0.15, 0.2) is 11.5 Å². The largest absolute Gasteiger partial charge is 0.489 e. The molecule has 1 aromatic carbocycles. The van der Waals surface area contributed by atoms with E-state index in [4.69, 9.17) is 9.47 Å². The van der Waals surface area contributed by atoms with Crippen molar-refractivity contribution in [2.75, 3.05) is 26.9 Å². The fourth-order valence-electron chi connectivity index (χ4n) is 2.09. The van der Waals surface area contributed by atoms with Crippen molar-refractivity contribution in [3.8, 4) is 11.5 Å². The van der Waals surface area contributed by atoms with Gasteiger partial charge in [-0.3, -0.25) is 0 Å². The quantitative estimate of drug-likeness (QED) is 0.695. The Morgan fingerprint density at radius 2 is 1.59 bits per heavy atom. The molecule has 0 aliphatic heterocycles. The molecule has 4 nitrogen and oxygen atoms in total. The van der Waals surface area contributed by atoms with Crippen LogP contribution in [-0.2, 0) is 0 Å². The standard InChI is InChI=1S/C18H31NO3/c1-13(2)11-21-17-7-6-15(16(19-5)8-9-20)10-18(17)22-12-14(3)4/h6-7,10,13-14,16,19-20H,8-9,11-12H2,1-5H3. The number of hydrogen-bond donors (Lipinski definition) is 2. The van der Waals surface area contributed by atoms with Crippen molar-refractivity contribution in [3.63, 3.8) is 0 Å². The van der Waals surface area contributed by atoms with Gasteiger partial charge in [0.2, 0.25) is 0 Å². The predicted octanol–water partition coefficient (Wildman–Crippen LogP) is 3.40. The van der Waals surface area contributed by atoms with Crippen molar-refractivity contribution >= 4 is 0 Å². The van der Waals surface area contributed by atoms with E-state index in [9.17, 15) is 5.11 Å². The lowest BCUT2D eigenvalue weighted by Gasteiger charge is -2.20. The van der Waals surface area contributed by atoms with Crippen molar-refractivity contribution in [1.82, 2.24) is 5.32 Å². The van der Waals surface area contributed by atoms with Gasteiger partial charge in [-0.2, -0.15) is 0 Å². The zero-order valence-corrected chi connectivity index (χ0v) is 14.6. The van der Waals surface area contributed by atoms with E-state index in [0.29, 0.717) is 31.5 Å². The maximum atomic E-state index is 9.18. The summed E-state index contributed by atoms with van der Waals surface area (Å²) >= 11 is 0. The van der Waals surface area contributed by atoms with Gasteiger partial charge >= 0.3 is 0 Å². The Labute approximate surface area is 134 Å².